The number of ether oxygens (including phenoxy) is 1. The molecule has 8 nitrogen and oxygen atoms in total. The van der Waals surface area contributed by atoms with E-state index in [1.165, 1.54) is 0 Å². The van der Waals surface area contributed by atoms with Crippen molar-refractivity contribution in [2.45, 2.75) is 6.10 Å². The Balaban J connectivity index is 0.000000151. The molecule has 0 saturated carbocycles. The van der Waals surface area contributed by atoms with E-state index in [9.17, 15) is 14.2 Å². The molecule has 2 aliphatic rings. The van der Waals surface area contributed by atoms with Gasteiger partial charge < -0.3 is 10.1 Å². The van der Waals surface area contributed by atoms with Crippen LogP contribution in [-0.2, 0) is 18.6 Å². The number of carbonyl (C=O) groups excluding carboxylic acids is 2. The Kier molecular flexibility index (Phi) is 4.57. The lowest BCUT2D eigenvalue weighted by atomic mass is 10.5. The van der Waals surface area contributed by atoms with E-state index in [1.54, 1.807) is 0 Å². The zero-order valence-electron chi connectivity index (χ0n) is 7.63. The van der Waals surface area contributed by atoms with E-state index >= 15 is 0 Å². The van der Waals surface area contributed by atoms with Crippen LogP contribution in [0.15, 0.2) is 0 Å². The molecular formula is C6H10N2O6P+. The second kappa shape index (κ2) is 5.72. The minimum atomic E-state index is -2.42. The van der Waals surface area contributed by atoms with Gasteiger partial charge in [0, 0.05) is 4.57 Å². The average Bonchev–Trinajstić information content (AvgIpc) is 2.90. The van der Waals surface area contributed by atoms with Gasteiger partial charge in [-0.05, 0) is 0 Å². The van der Waals surface area contributed by atoms with Gasteiger partial charge in [0.1, 0.15) is 12.7 Å². The van der Waals surface area contributed by atoms with Crippen molar-refractivity contribution in [1.82, 2.24) is 10.6 Å². The molecule has 2 unspecified atom stereocenters. The van der Waals surface area contributed by atoms with Crippen LogP contribution in [0.5, 0.6) is 0 Å². The third-order valence-corrected chi connectivity index (χ3v) is 1.81. The molecule has 2 saturated heterocycles. The first-order valence-electron chi connectivity index (χ1n) is 4.06. The lowest BCUT2D eigenvalue weighted by molar-refractivity contribution is -0.117. The first kappa shape index (κ1) is 12.0. The number of amides is 3. The predicted octanol–water partition coefficient (Wildman–Crippen LogP) is -1.12. The van der Waals surface area contributed by atoms with Crippen LogP contribution in [0.2, 0.25) is 0 Å². The fraction of sp³-hybridized carbons (Fsp3) is 0.667. The monoisotopic (exact) mass is 237 g/mol. The van der Waals surface area contributed by atoms with Crippen molar-refractivity contribution >= 4 is 20.2 Å². The number of rotatable bonds is 3. The molecule has 0 aliphatic carbocycles. The summed E-state index contributed by atoms with van der Waals surface area (Å²) in [6.07, 6.45) is 0.0705. The molecule has 0 spiro atoms. The zero-order valence-corrected chi connectivity index (χ0v) is 8.53. The molecule has 0 bridgehead atoms. The molecule has 2 rings (SSSR count). The molecule has 9 heteroatoms. The van der Waals surface area contributed by atoms with E-state index in [0.717, 1.165) is 0 Å². The van der Waals surface area contributed by atoms with E-state index in [-0.39, 0.29) is 25.2 Å². The smallest absolute Gasteiger partial charge is 0.370 e. The third kappa shape index (κ3) is 6.08. The van der Waals surface area contributed by atoms with Crippen LogP contribution < -0.4 is 10.6 Å². The molecule has 0 aromatic heterocycles. The Morgan fingerprint density at radius 2 is 2.27 bits per heavy atom. The van der Waals surface area contributed by atoms with Gasteiger partial charge in [-0.1, -0.05) is 0 Å². The summed E-state index contributed by atoms with van der Waals surface area (Å²) < 4.78 is 18.8. The number of hydrogen-bond donors (Lipinski definition) is 3. The van der Waals surface area contributed by atoms with Crippen molar-refractivity contribution in [2.75, 3.05) is 19.8 Å². The molecule has 0 aromatic rings. The number of hydrogen-bond acceptors (Lipinski definition) is 5. The molecule has 84 valence electrons. The molecule has 2 fully saturated rings. The van der Waals surface area contributed by atoms with Gasteiger partial charge in [-0.15, -0.1) is 9.42 Å². The lowest BCUT2D eigenvalue weighted by Crippen LogP contribution is -2.22. The highest BCUT2D eigenvalue weighted by atomic mass is 31.1. The Morgan fingerprint density at radius 3 is 2.53 bits per heavy atom. The van der Waals surface area contributed by atoms with Gasteiger partial charge in [-0.3, -0.25) is 10.1 Å². The largest absolute Gasteiger partial charge is 0.694 e. The summed E-state index contributed by atoms with van der Waals surface area (Å²) in [7, 11) is -2.42. The summed E-state index contributed by atoms with van der Waals surface area (Å²) in [5.41, 5.74) is 0. The van der Waals surface area contributed by atoms with Gasteiger partial charge in [-0.25, -0.2) is 4.79 Å². The fourth-order valence-corrected chi connectivity index (χ4v) is 0.981. The van der Waals surface area contributed by atoms with Gasteiger partial charge in [0.25, 0.3) is 0 Å². The molecule has 3 amide bonds. The Morgan fingerprint density at radius 1 is 1.60 bits per heavy atom. The van der Waals surface area contributed by atoms with Crippen molar-refractivity contribution in [2.24, 2.45) is 0 Å². The first-order valence-corrected chi connectivity index (χ1v) is 5.19. The maximum Gasteiger partial charge on any atom is 0.694 e. The number of imide groups is 1. The second-order valence-corrected chi connectivity index (χ2v) is 3.45. The van der Waals surface area contributed by atoms with Gasteiger partial charge in [0.15, 0.2) is 0 Å². The van der Waals surface area contributed by atoms with Crippen LogP contribution in [0.3, 0.4) is 0 Å². The van der Waals surface area contributed by atoms with Gasteiger partial charge in [-0.2, -0.15) is 0 Å². The minimum Gasteiger partial charge on any atom is -0.370 e. The van der Waals surface area contributed by atoms with Crippen molar-refractivity contribution in [1.29, 1.82) is 0 Å². The Bertz CT molecular complexity index is 265. The average molecular weight is 237 g/mol. The fourth-order valence-electron chi connectivity index (χ4n) is 0.687. The molecule has 2 heterocycles. The van der Waals surface area contributed by atoms with Gasteiger partial charge in [0.2, 0.25) is 5.91 Å². The topological polar surface area (TPSA) is 117 Å². The van der Waals surface area contributed by atoms with E-state index in [2.05, 4.69) is 9.84 Å². The van der Waals surface area contributed by atoms with E-state index < -0.39 is 14.3 Å². The highest BCUT2D eigenvalue weighted by molar-refractivity contribution is 7.32. The summed E-state index contributed by atoms with van der Waals surface area (Å²) in [4.78, 5) is 28.1. The van der Waals surface area contributed by atoms with Crippen LogP contribution >= 0.6 is 8.25 Å². The van der Waals surface area contributed by atoms with Crippen molar-refractivity contribution in [3.63, 3.8) is 0 Å². The molecule has 0 radical (unpaired) electrons. The molecule has 3 N–H and O–H groups in total. The quantitative estimate of drug-likeness (QED) is 0.325. The first-order chi connectivity index (χ1) is 7.08. The van der Waals surface area contributed by atoms with Gasteiger partial charge in [0.05, 0.1) is 13.2 Å². The van der Waals surface area contributed by atoms with Crippen LogP contribution in [0.25, 0.3) is 0 Å². The van der Waals surface area contributed by atoms with Crippen LogP contribution in [-0.4, -0.2) is 42.7 Å². The Hall–Kier alpha value is -1.08. The minimum absolute atomic E-state index is 0.0705. The predicted molar refractivity (Wildman–Crippen MR) is 47.1 cm³/mol. The SMILES string of the molecule is O=C1CNC(=O)N1.O=[P+](O)OCC1CO1. The third-order valence-electron chi connectivity index (χ3n) is 1.44. The summed E-state index contributed by atoms with van der Waals surface area (Å²) in [6, 6.07) is -0.398. The molecule has 2 atom stereocenters. The van der Waals surface area contributed by atoms with E-state index in [0.29, 0.717) is 6.61 Å². The Labute approximate surface area is 85.9 Å². The van der Waals surface area contributed by atoms with Gasteiger partial charge >= 0.3 is 14.3 Å². The summed E-state index contributed by atoms with van der Waals surface area (Å²) in [5.74, 6) is -0.259. The standard InChI is InChI=1S/C3H4N2O2.C3H5O4P/c6-2-1-4-3(7)5-2;4-8(5)7-2-3-1-6-3/h1H2,(H2,4,5,6,7);3H,1-2H2/p+1. The normalized spacial score (nSPS) is 23.5. The second-order valence-electron chi connectivity index (χ2n) is 2.72. The lowest BCUT2D eigenvalue weighted by Gasteiger charge is -1.78. The molecule has 2 aliphatic heterocycles. The summed E-state index contributed by atoms with van der Waals surface area (Å²) in [6.45, 7) is 1.02. The number of epoxide rings is 1. The van der Waals surface area contributed by atoms with E-state index in [4.69, 9.17) is 9.63 Å². The zero-order chi connectivity index (χ0) is 11.3. The van der Waals surface area contributed by atoms with Crippen LogP contribution in [0.4, 0.5) is 4.79 Å². The summed E-state index contributed by atoms with van der Waals surface area (Å²) in [5, 5.41) is 4.30. The number of carbonyl (C=O) groups is 2. The van der Waals surface area contributed by atoms with Crippen molar-refractivity contribution in [3.05, 3.63) is 0 Å². The van der Waals surface area contributed by atoms with Crippen LogP contribution in [0, 0.1) is 0 Å². The van der Waals surface area contributed by atoms with Crippen molar-refractivity contribution in [3.8, 4) is 0 Å². The highest BCUT2D eigenvalue weighted by Gasteiger charge is 2.27. The summed E-state index contributed by atoms with van der Waals surface area (Å²) >= 11 is 0. The maximum atomic E-state index is 10.1. The van der Waals surface area contributed by atoms with Crippen LogP contribution in [0.1, 0.15) is 0 Å². The number of nitrogens with one attached hydrogen (secondary N) is 2. The molecular weight excluding hydrogens is 227 g/mol. The number of urea groups is 1. The maximum absolute atomic E-state index is 10.1. The highest BCUT2D eigenvalue weighted by Crippen LogP contribution is 2.18. The van der Waals surface area contributed by atoms with E-state index in [1.807, 2.05) is 5.32 Å². The molecule has 0 aromatic carbocycles. The van der Waals surface area contributed by atoms with Crippen molar-refractivity contribution < 1.29 is 28.3 Å². The molecule has 15 heavy (non-hydrogen) atoms.